The number of nitrogens with one attached hydrogen (secondary N) is 1. The number of rotatable bonds is 4. The van der Waals surface area contributed by atoms with Crippen LogP contribution in [0, 0.1) is 13.8 Å². The maximum atomic E-state index is 12.8. The molecule has 0 bridgehead atoms. The lowest BCUT2D eigenvalue weighted by atomic mass is 10.1. The third-order valence-corrected chi connectivity index (χ3v) is 5.58. The lowest BCUT2D eigenvalue weighted by Gasteiger charge is -2.18. The molecule has 2 aromatic carbocycles. The minimum atomic E-state index is -3.83. The van der Waals surface area contributed by atoms with E-state index in [1.54, 1.807) is 12.1 Å². The summed E-state index contributed by atoms with van der Waals surface area (Å²) in [5.74, 6) is -1.21. The topological polar surface area (TPSA) is 110 Å². The molecule has 9 heteroatoms. The molecule has 7 nitrogen and oxygen atoms in total. The standard InChI is InChI=1S/C18H16ClN3O4S/c1-10-4-3-5-14(11(10)2)22-17(23)15(19)16(18(22)24)21-12-6-8-13(9-7-12)27(20,25)26/h3-9,21H,1-2H3,(H2,20,25,26). The van der Waals surface area contributed by atoms with Crippen molar-refractivity contribution in [1.82, 2.24) is 0 Å². The number of aryl methyl sites for hydroxylation is 1. The van der Waals surface area contributed by atoms with Crippen LogP contribution in [0.2, 0.25) is 0 Å². The van der Waals surface area contributed by atoms with E-state index in [4.69, 9.17) is 16.7 Å². The summed E-state index contributed by atoms with van der Waals surface area (Å²) in [6, 6.07) is 10.7. The van der Waals surface area contributed by atoms with Crippen LogP contribution >= 0.6 is 11.6 Å². The Kier molecular flexibility index (Phi) is 4.81. The first-order valence-corrected chi connectivity index (χ1v) is 9.78. The van der Waals surface area contributed by atoms with E-state index in [1.807, 2.05) is 19.9 Å². The molecular weight excluding hydrogens is 390 g/mol. The molecule has 0 radical (unpaired) electrons. The zero-order chi connectivity index (χ0) is 19.9. The quantitative estimate of drug-likeness (QED) is 0.759. The Morgan fingerprint density at radius 2 is 1.63 bits per heavy atom. The second-order valence-corrected chi connectivity index (χ2v) is 7.99. The lowest BCUT2D eigenvalue weighted by Crippen LogP contribution is -2.33. The minimum absolute atomic E-state index is 0.0704. The Hall–Kier alpha value is -2.68. The van der Waals surface area contributed by atoms with Gasteiger partial charge in [-0.15, -0.1) is 0 Å². The van der Waals surface area contributed by atoms with Crippen molar-refractivity contribution in [2.45, 2.75) is 18.7 Å². The molecule has 0 saturated carbocycles. The van der Waals surface area contributed by atoms with Gasteiger partial charge in [0.05, 0.1) is 10.6 Å². The number of imide groups is 1. The molecule has 140 valence electrons. The summed E-state index contributed by atoms with van der Waals surface area (Å²) in [5, 5.41) is 7.60. The predicted molar refractivity (Wildman–Crippen MR) is 103 cm³/mol. The fraction of sp³-hybridized carbons (Fsp3) is 0.111. The van der Waals surface area contributed by atoms with E-state index in [0.717, 1.165) is 16.0 Å². The van der Waals surface area contributed by atoms with Crippen LogP contribution in [0.1, 0.15) is 11.1 Å². The zero-order valence-corrected chi connectivity index (χ0v) is 16.1. The fourth-order valence-corrected chi connectivity index (χ4v) is 3.41. The van der Waals surface area contributed by atoms with E-state index in [1.165, 1.54) is 24.3 Å². The number of carbonyl (C=O) groups excluding carboxylic acids is 2. The molecule has 3 N–H and O–H groups in total. The largest absolute Gasteiger partial charge is 0.350 e. The number of benzene rings is 2. The second kappa shape index (κ2) is 6.80. The van der Waals surface area contributed by atoms with Gasteiger partial charge in [-0.1, -0.05) is 23.7 Å². The van der Waals surface area contributed by atoms with E-state index < -0.39 is 21.8 Å². The van der Waals surface area contributed by atoms with Gasteiger partial charge >= 0.3 is 0 Å². The molecule has 3 rings (SSSR count). The summed E-state index contributed by atoms with van der Waals surface area (Å²) < 4.78 is 22.6. The van der Waals surface area contributed by atoms with Gasteiger partial charge in [-0.2, -0.15) is 0 Å². The smallest absolute Gasteiger partial charge is 0.283 e. The number of hydrogen-bond acceptors (Lipinski definition) is 5. The number of carbonyl (C=O) groups is 2. The molecule has 1 heterocycles. The van der Waals surface area contributed by atoms with Crippen molar-refractivity contribution in [3.63, 3.8) is 0 Å². The Morgan fingerprint density at radius 1 is 1.00 bits per heavy atom. The van der Waals surface area contributed by atoms with E-state index in [0.29, 0.717) is 11.4 Å². The van der Waals surface area contributed by atoms with E-state index in [-0.39, 0.29) is 15.6 Å². The summed E-state index contributed by atoms with van der Waals surface area (Å²) in [5.41, 5.74) is 2.50. The van der Waals surface area contributed by atoms with Crippen molar-refractivity contribution in [1.29, 1.82) is 0 Å². The van der Waals surface area contributed by atoms with Gasteiger partial charge in [0.15, 0.2) is 0 Å². The number of halogens is 1. The first-order chi connectivity index (χ1) is 12.6. The maximum absolute atomic E-state index is 12.8. The highest BCUT2D eigenvalue weighted by Crippen LogP contribution is 2.32. The summed E-state index contributed by atoms with van der Waals surface area (Å²) in [4.78, 5) is 26.3. The van der Waals surface area contributed by atoms with Gasteiger partial charge < -0.3 is 5.32 Å². The molecule has 2 aromatic rings. The number of nitrogens with two attached hydrogens (primary N) is 1. The molecule has 27 heavy (non-hydrogen) atoms. The predicted octanol–water partition coefficient (Wildman–Crippen LogP) is 2.39. The maximum Gasteiger partial charge on any atom is 0.283 e. The van der Waals surface area contributed by atoms with Crippen LogP contribution in [-0.2, 0) is 19.6 Å². The highest BCUT2D eigenvalue weighted by molar-refractivity contribution is 7.89. The van der Waals surface area contributed by atoms with Crippen molar-refractivity contribution >= 4 is 44.8 Å². The fourth-order valence-electron chi connectivity index (χ4n) is 2.68. The Morgan fingerprint density at radius 3 is 2.22 bits per heavy atom. The highest BCUT2D eigenvalue weighted by Gasteiger charge is 2.39. The minimum Gasteiger partial charge on any atom is -0.350 e. The van der Waals surface area contributed by atoms with Crippen LogP contribution in [0.25, 0.3) is 0 Å². The molecule has 1 aliphatic rings. The van der Waals surface area contributed by atoms with Crippen LogP contribution in [-0.4, -0.2) is 20.2 Å². The first kappa shape index (κ1) is 19.1. The van der Waals surface area contributed by atoms with Crippen molar-refractivity contribution in [3.05, 3.63) is 64.3 Å². The summed E-state index contributed by atoms with van der Waals surface area (Å²) in [6.45, 7) is 3.70. The molecule has 1 aliphatic heterocycles. The normalized spacial score (nSPS) is 14.9. The molecule has 0 saturated heterocycles. The van der Waals surface area contributed by atoms with E-state index >= 15 is 0 Å². The Labute approximate surface area is 161 Å². The van der Waals surface area contributed by atoms with Crippen LogP contribution < -0.4 is 15.4 Å². The lowest BCUT2D eigenvalue weighted by molar-refractivity contribution is -0.120. The molecule has 0 aromatic heterocycles. The van der Waals surface area contributed by atoms with Crippen LogP contribution in [0.3, 0.4) is 0 Å². The number of hydrogen-bond donors (Lipinski definition) is 2. The zero-order valence-electron chi connectivity index (χ0n) is 14.5. The van der Waals surface area contributed by atoms with Gasteiger partial charge in [0, 0.05) is 5.69 Å². The van der Waals surface area contributed by atoms with Gasteiger partial charge in [-0.3, -0.25) is 9.59 Å². The molecule has 0 aliphatic carbocycles. The number of amides is 2. The van der Waals surface area contributed by atoms with Crippen molar-refractivity contribution in [2.24, 2.45) is 5.14 Å². The van der Waals surface area contributed by atoms with Crippen molar-refractivity contribution < 1.29 is 18.0 Å². The molecular formula is C18H16ClN3O4S. The first-order valence-electron chi connectivity index (χ1n) is 7.86. The van der Waals surface area contributed by atoms with E-state index in [9.17, 15) is 18.0 Å². The number of anilines is 2. The average molecular weight is 406 g/mol. The third kappa shape index (κ3) is 3.46. The van der Waals surface area contributed by atoms with Crippen LogP contribution in [0.4, 0.5) is 11.4 Å². The van der Waals surface area contributed by atoms with E-state index in [2.05, 4.69) is 5.32 Å². The van der Waals surface area contributed by atoms with Gasteiger partial charge in [0.25, 0.3) is 11.8 Å². The molecule has 0 spiro atoms. The monoisotopic (exact) mass is 405 g/mol. The summed E-state index contributed by atoms with van der Waals surface area (Å²) >= 11 is 6.10. The Bertz CT molecular complexity index is 1090. The second-order valence-electron chi connectivity index (χ2n) is 6.05. The van der Waals surface area contributed by atoms with Gasteiger partial charge in [-0.05, 0) is 55.3 Å². The number of primary sulfonamides is 1. The third-order valence-electron chi connectivity index (χ3n) is 4.30. The highest BCUT2D eigenvalue weighted by atomic mass is 35.5. The van der Waals surface area contributed by atoms with Crippen LogP contribution in [0.15, 0.2) is 58.1 Å². The number of nitrogens with zero attached hydrogens (tertiary/aromatic N) is 1. The SMILES string of the molecule is Cc1cccc(N2C(=O)C(Cl)=C(Nc3ccc(S(N)(=O)=O)cc3)C2=O)c1C. The summed E-state index contributed by atoms with van der Waals surface area (Å²) in [6.07, 6.45) is 0. The van der Waals surface area contributed by atoms with Crippen LogP contribution in [0.5, 0.6) is 0 Å². The molecule has 0 atom stereocenters. The van der Waals surface area contributed by atoms with Gasteiger partial charge in [0.2, 0.25) is 10.0 Å². The van der Waals surface area contributed by atoms with Gasteiger partial charge in [-0.25, -0.2) is 18.5 Å². The average Bonchev–Trinajstić information content (AvgIpc) is 2.81. The Balaban J connectivity index is 1.92. The van der Waals surface area contributed by atoms with Crippen molar-refractivity contribution in [2.75, 3.05) is 10.2 Å². The number of sulfonamides is 1. The molecule has 2 amide bonds. The summed E-state index contributed by atoms with van der Waals surface area (Å²) in [7, 11) is -3.83. The van der Waals surface area contributed by atoms with Crippen molar-refractivity contribution in [3.8, 4) is 0 Å². The molecule has 0 fully saturated rings. The molecule has 0 unspecified atom stereocenters. The van der Waals surface area contributed by atoms with Gasteiger partial charge in [0.1, 0.15) is 10.7 Å².